The van der Waals surface area contributed by atoms with E-state index in [9.17, 15) is 9.59 Å². The minimum Gasteiger partial charge on any atom is -0.486 e. The summed E-state index contributed by atoms with van der Waals surface area (Å²) in [5, 5.41) is 0.489. The van der Waals surface area contributed by atoms with Gasteiger partial charge in [-0.3, -0.25) is 14.5 Å². The van der Waals surface area contributed by atoms with E-state index in [2.05, 4.69) is 15.9 Å². The summed E-state index contributed by atoms with van der Waals surface area (Å²) in [5.41, 5.74) is 1.63. The van der Waals surface area contributed by atoms with Crippen LogP contribution in [0.1, 0.15) is 43.2 Å². The Kier molecular flexibility index (Phi) is 7.87. The number of ether oxygens (including phenoxy) is 1. The van der Waals surface area contributed by atoms with Gasteiger partial charge in [0.1, 0.15) is 6.61 Å². The summed E-state index contributed by atoms with van der Waals surface area (Å²) >= 11 is 17.2. The number of benzene rings is 2. The monoisotopic (exact) mass is 553 g/mol. The summed E-state index contributed by atoms with van der Waals surface area (Å²) in [7, 11) is 0. The van der Waals surface area contributed by atoms with Crippen molar-refractivity contribution in [1.29, 1.82) is 0 Å². The van der Waals surface area contributed by atoms with Crippen molar-refractivity contribution in [3.8, 4) is 5.75 Å². The highest BCUT2D eigenvalue weighted by molar-refractivity contribution is 9.10. The summed E-state index contributed by atoms with van der Waals surface area (Å²) in [6.07, 6.45) is 7.40. The fourth-order valence-electron chi connectivity index (χ4n) is 3.97. The van der Waals surface area contributed by atoms with Gasteiger partial charge in [-0.15, -0.1) is 0 Å². The molecule has 0 atom stereocenters. The summed E-state index contributed by atoms with van der Waals surface area (Å²) in [6, 6.07) is 11.2. The Bertz CT molecular complexity index is 1030. The van der Waals surface area contributed by atoms with Gasteiger partial charge in [0.2, 0.25) is 0 Å². The zero-order valence-corrected chi connectivity index (χ0v) is 21.2. The second kappa shape index (κ2) is 10.6. The molecule has 1 saturated heterocycles. The number of rotatable bonds is 6. The highest BCUT2D eigenvalue weighted by Gasteiger charge is 2.36. The molecule has 0 spiro atoms. The maximum atomic E-state index is 12.8. The molecule has 4 nitrogen and oxygen atoms in total. The van der Waals surface area contributed by atoms with Gasteiger partial charge in [-0.1, -0.05) is 70.5 Å². The largest absolute Gasteiger partial charge is 0.486 e. The molecule has 2 aromatic rings. The average Bonchev–Trinajstić information content (AvgIpc) is 3.02. The standard InChI is InChI=1S/C24H22BrCl2NO3S/c25-18-8-6-16(7-9-18)14-31-22-19(26)10-17(11-20(22)27)12-21-23(29)28(24(30)32-21)13-15-4-2-1-3-5-15/h6-12,15H,1-5,13-14H2/b21-12+. The first kappa shape index (κ1) is 23.7. The summed E-state index contributed by atoms with van der Waals surface area (Å²) < 4.78 is 6.81. The van der Waals surface area contributed by atoms with E-state index in [1.807, 2.05) is 24.3 Å². The molecule has 1 saturated carbocycles. The van der Waals surface area contributed by atoms with Gasteiger partial charge in [-0.25, -0.2) is 0 Å². The second-order valence-electron chi connectivity index (χ2n) is 8.03. The number of carbonyl (C=O) groups is 2. The van der Waals surface area contributed by atoms with Crippen molar-refractivity contribution in [1.82, 2.24) is 4.90 Å². The van der Waals surface area contributed by atoms with Crippen LogP contribution in [0.5, 0.6) is 5.75 Å². The fourth-order valence-corrected chi connectivity index (χ4v) is 5.70. The number of thioether (sulfide) groups is 1. The van der Waals surface area contributed by atoms with E-state index in [0.717, 1.165) is 34.6 Å². The van der Waals surface area contributed by atoms with Crippen molar-refractivity contribution in [2.75, 3.05) is 6.54 Å². The second-order valence-corrected chi connectivity index (χ2v) is 10.7. The molecule has 0 bridgehead atoms. The summed E-state index contributed by atoms with van der Waals surface area (Å²) in [4.78, 5) is 27.0. The Morgan fingerprint density at radius 1 is 1.06 bits per heavy atom. The van der Waals surface area contributed by atoms with Gasteiger partial charge in [0.05, 0.1) is 15.0 Å². The zero-order valence-electron chi connectivity index (χ0n) is 17.3. The molecular formula is C24H22BrCl2NO3S. The van der Waals surface area contributed by atoms with Gasteiger partial charge in [-0.05, 0) is 72.0 Å². The molecule has 2 amide bonds. The van der Waals surface area contributed by atoms with E-state index in [1.165, 1.54) is 24.2 Å². The van der Waals surface area contributed by atoms with Crippen molar-refractivity contribution < 1.29 is 14.3 Å². The summed E-state index contributed by atoms with van der Waals surface area (Å²) in [5.74, 6) is 0.551. The molecule has 0 aromatic heterocycles. The quantitative estimate of drug-likeness (QED) is 0.340. The number of hydrogen-bond acceptors (Lipinski definition) is 4. The van der Waals surface area contributed by atoms with Gasteiger partial charge >= 0.3 is 0 Å². The Labute approximate surface area is 210 Å². The average molecular weight is 555 g/mol. The van der Waals surface area contributed by atoms with Crippen LogP contribution in [0, 0.1) is 5.92 Å². The van der Waals surface area contributed by atoms with Crippen LogP contribution >= 0.6 is 50.9 Å². The zero-order chi connectivity index (χ0) is 22.7. The van der Waals surface area contributed by atoms with Gasteiger partial charge < -0.3 is 4.74 Å². The predicted molar refractivity (Wildman–Crippen MR) is 134 cm³/mol. The summed E-state index contributed by atoms with van der Waals surface area (Å²) in [6.45, 7) is 0.832. The molecule has 168 valence electrons. The van der Waals surface area contributed by atoms with Crippen LogP contribution in [0.3, 0.4) is 0 Å². The van der Waals surface area contributed by atoms with E-state index in [-0.39, 0.29) is 11.1 Å². The van der Waals surface area contributed by atoms with Gasteiger partial charge in [0, 0.05) is 11.0 Å². The van der Waals surface area contributed by atoms with Crippen molar-refractivity contribution in [3.63, 3.8) is 0 Å². The third-order valence-electron chi connectivity index (χ3n) is 5.65. The molecule has 32 heavy (non-hydrogen) atoms. The maximum absolute atomic E-state index is 12.8. The predicted octanol–water partition coefficient (Wildman–Crippen LogP) is 7.95. The number of amides is 2. The molecule has 1 heterocycles. The molecule has 0 unspecified atom stereocenters. The van der Waals surface area contributed by atoms with Crippen molar-refractivity contribution in [2.45, 2.75) is 38.7 Å². The Balaban J connectivity index is 1.45. The van der Waals surface area contributed by atoms with Crippen molar-refractivity contribution >= 4 is 68.1 Å². The topological polar surface area (TPSA) is 46.6 Å². The molecule has 2 aromatic carbocycles. The van der Waals surface area contributed by atoms with Crippen LogP contribution in [0.15, 0.2) is 45.8 Å². The van der Waals surface area contributed by atoms with Crippen molar-refractivity contribution in [3.05, 3.63) is 66.9 Å². The first-order valence-electron chi connectivity index (χ1n) is 10.5. The lowest BCUT2D eigenvalue weighted by atomic mass is 9.89. The van der Waals surface area contributed by atoms with E-state index < -0.39 is 0 Å². The number of nitrogens with zero attached hydrogens (tertiary/aromatic N) is 1. The molecule has 1 aliphatic carbocycles. The molecule has 4 rings (SSSR count). The van der Waals surface area contributed by atoms with Crippen LogP contribution in [-0.4, -0.2) is 22.6 Å². The Morgan fingerprint density at radius 3 is 2.38 bits per heavy atom. The Morgan fingerprint density at radius 2 is 1.72 bits per heavy atom. The molecule has 2 aliphatic rings. The van der Waals surface area contributed by atoms with Crippen LogP contribution in [0.2, 0.25) is 10.0 Å². The number of imide groups is 1. The highest BCUT2D eigenvalue weighted by Crippen LogP contribution is 2.38. The minimum atomic E-state index is -0.242. The number of hydrogen-bond donors (Lipinski definition) is 0. The van der Waals surface area contributed by atoms with E-state index >= 15 is 0 Å². The van der Waals surface area contributed by atoms with Gasteiger partial charge in [-0.2, -0.15) is 0 Å². The molecule has 0 radical (unpaired) electrons. The van der Waals surface area contributed by atoms with Crippen LogP contribution < -0.4 is 4.74 Å². The molecule has 2 fully saturated rings. The molecule has 1 aliphatic heterocycles. The molecule has 0 N–H and O–H groups in total. The maximum Gasteiger partial charge on any atom is 0.293 e. The van der Waals surface area contributed by atoms with Crippen LogP contribution in [0.25, 0.3) is 6.08 Å². The third kappa shape index (κ3) is 5.71. The smallest absolute Gasteiger partial charge is 0.293 e. The van der Waals surface area contributed by atoms with Crippen LogP contribution in [-0.2, 0) is 11.4 Å². The normalized spacial score (nSPS) is 18.6. The number of carbonyl (C=O) groups excluding carboxylic acids is 2. The van der Waals surface area contributed by atoms with Crippen LogP contribution in [0.4, 0.5) is 4.79 Å². The highest BCUT2D eigenvalue weighted by atomic mass is 79.9. The lowest BCUT2D eigenvalue weighted by molar-refractivity contribution is -0.123. The van der Waals surface area contributed by atoms with E-state index in [0.29, 0.717) is 45.3 Å². The molecular weight excluding hydrogens is 533 g/mol. The van der Waals surface area contributed by atoms with E-state index in [1.54, 1.807) is 18.2 Å². The third-order valence-corrected chi connectivity index (χ3v) is 7.65. The lowest BCUT2D eigenvalue weighted by Gasteiger charge is -2.25. The number of halogens is 3. The lowest BCUT2D eigenvalue weighted by Crippen LogP contribution is -2.34. The first-order valence-corrected chi connectivity index (χ1v) is 12.9. The molecule has 8 heteroatoms. The van der Waals surface area contributed by atoms with Crippen molar-refractivity contribution in [2.24, 2.45) is 5.92 Å². The van der Waals surface area contributed by atoms with Gasteiger partial charge in [0.25, 0.3) is 11.1 Å². The Hall–Kier alpha value is -1.47. The minimum absolute atomic E-state index is 0.210. The fraction of sp³-hybridized carbons (Fsp3) is 0.333. The van der Waals surface area contributed by atoms with Gasteiger partial charge in [0.15, 0.2) is 5.75 Å². The first-order chi connectivity index (χ1) is 15.4. The SMILES string of the molecule is O=C1S/C(=C/c2cc(Cl)c(OCc3ccc(Br)cc3)c(Cl)c2)C(=O)N1CC1CCCCC1. The van der Waals surface area contributed by atoms with E-state index in [4.69, 9.17) is 27.9 Å².